The Bertz CT molecular complexity index is 722. The van der Waals surface area contributed by atoms with E-state index >= 15 is 0 Å². The van der Waals surface area contributed by atoms with Crippen LogP contribution < -0.4 is 0 Å². The Labute approximate surface area is 119 Å². The average Bonchev–Trinajstić information content (AvgIpc) is 2.88. The van der Waals surface area contributed by atoms with Gasteiger partial charge in [-0.25, -0.2) is 13.8 Å². The molecule has 0 saturated heterocycles. The number of halogens is 2. The van der Waals surface area contributed by atoms with Gasteiger partial charge in [-0.2, -0.15) is 0 Å². The molecule has 2 aromatic carbocycles. The molecule has 0 aliphatic heterocycles. The van der Waals surface area contributed by atoms with E-state index in [1.807, 2.05) is 30.3 Å². The Morgan fingerprint density at radius 2 is 1.80 bits per heavy atom. The van der Waals surface area contributed by atoms with Crippen molar-refractivity contribution in [2.24, 2.45) is 0 Å². The molecule has 100 valence electrons. The van der Waals surface area contributed by atoms with Gasteiger partial charge >= 0.3 is 0 Å². The van der Waals surface area contributed by atoms with Gasteiger partial charge in [0.25, 0.3) is 0 Å². The largest absolute Gasteiger partial charge is 0.241 e. The third-order valence-electron chi connectivity index (χ3n) is 2.96. The number of hydrogen-bond donors (Lipinski definition) is 0. The average molecular weight is 287 g/mol. The van der Waals surface area contributed by atoms with E-state index in [-0.39, 0.29) is 0 Å². The van der Waals surface area contributed by atoms with Crippen LogP contribution in [0.5, 0.6) is 0 Å². The zero-order chi connectivity index (χ0) is 13.9. The molecule has 0 fully saturated rings. The van der Waals surface area contributed by atoms with Gasteiger partial charge in [0.15, 0.2) is 0 Å². The Morgan fingerprint density at radius 3 is 2.55 bits per heavy atom. The minimum absolute atomic E-state index is 0.335. The van der Waals surface area contributed by atoms with E-state index in [1.54, 1.807) is 5.38 Å². The summed E-state index contributed by atoms with van der Waals surface area (Å²) >= 11 is 1.48. The molecule has 1 nitrogen and oxygen atoms in total. The second-order valence-corrected chi connectivity index (χ2v) is 5.36. The highest BCUT2D eigenvalue weighted by atomic mass is 32.1. The van der Waals surface area contributed by atoms with Gasteiger partial charge < -0.3 is 0 Å². The van der Waals surface area contributed by atoms with Crippen molar-refractivity contribution in [3.8, 4) is 11.3 Å². The number of nitrogens with zero attached hydrogens (tertiary/aromatic N) is 1. The first-order chi connectivity index (χ1) is 9.72. The maximum absolute atomic E-state index is 13.7. The topological polar surface area (TPSA) is 12.9 Å². The molecule has 0 N–H and O–H groups in total. The van der Waals surface area contributed by atoms with Crippen LogP contribution >= 0.6 is 11.3 Å². The van der Waals surface area contributed by atoms with Crippen molar-refractivity contribution in [3.05, 3.63) is 76.1 Å². The van der Waals surface area contributed by atoms with E-state index in [2.05, 4.69) is 4.98 Å². The SMILES string of the molecule is Fc1ccc(-c2csc(Cc3ccccc3)n2)c(F)c1. The highest BCUT2D eigenvalue weighted by Gasteiger charge is 2.10. The van der Waals surface area contributed by atoms with Crippen molar-refractivity contribution in [2.75, 3.05) is 0 Å². The van der Waals surface area contributed by atoms with Gasteiger partial charge in [0.05, 0.1) is 10.7 Å². The second kappa shape index (κ2) is 5.51. The van der Waals surface area contributed by atoms with E-state index in [0.29, 0.717) is 17.7 Å². The van der Waals surface area contributed by atoms with Crippen molar-refractivity contribution >= 4 is 11.3 Å². The molecule has 1 aromatic heterocycles. The molecular weight excluding hydrogens is 276 g/mol. The summed E-state index contributed by atoms with van der Waals surface area (Å²) in [5.74, 6) is -1.16. The molecule has 0 saturated carbocycles. The van der Waals surface area contributed by atoms with Crippen LogP contribution in [-0.4, -0.2) is 4.98 Å². The van der Waals surface area contributed by atoms with Crippen LogP contribution in [0, 0.1) is 11.6 Å². The van der Waals surface area contributed by atoms with Gasteiger partial charge in [0, 0.05) is 23.4 Å². The van der Waals surface area contributed by atoms with Crippen LogP contribution in [-0.2, 0) is 6.42 Å². The maximum Gasteiger partial charge on any atom is 0.135 e. The van der Waals surface area contributed by atoms with E-state index in [4.69, 9.17) is 0 Å². The van der Waals surface area contributed by atoms with E-state index < -0.39 is 11.6 Å². The molecule has 0 atom stereocenters. The van der Waals surface area contributed by atoms with Crippen molar-refractivity contribution in [2.45, 2.75) is 6.42 Å². The highest BCUT2D eigenvalue weighted by Crippen LogP contribution is 2.26. The molecule has 0 aliphatic rings. The van der Waals surface area contributed by atoms with Crippen LogP contribution in [0.15, 0.2) is 53.9 Å². The lowest BCUT2D eigenvalue weighted by Gasteiger charge is -1.99. The monoisotopic (exact) mass is 287 g/mol. The van der Waals surface area contributed by atoms with Gasteiger partial charge in [0.1, 0.15) is 11.6 Å². The number of hydrogen-bond acceptors (Lipinski definition) is 2. The Morgan fingerprint density at radius 1 is 1.00 bits per heavy atom. The molecule has 0 amide bonds. The molecule has 3 aromatic rings. The fraction of sp³-hybridized carbons (Fsp3) is 0.0625. The molecule has 20 heavy (non-hydrogen) atoms. The summed E-state index contributed by atoms with van der Waals surface area (Å²) in [6.07, 6.45) is 0.717. The fourth-order valence-electron chi connectivity index (χ4n) is 1.98. The summed E-state index contributed by atoms with van der Waals surface area (Å²) in [6.45, 7) is 0. The van der Waals surface area contributed by atoms with Crippen molar-refractivity contribution in [1.82, 2.24) is 4.98 Å². The third-order valence-corrected chi connectivity index (χ3v) is 3.81. The minimum Gasteiger partial charge on any atom is -0.241 e. The van der Waals surface area contributed by atoms with Gasteiger partial charge in [0.2, 0.25) is 0 Å². The lowest BCUT2D eigenvalue weighted by Crippen LogP contribution is -1.89. The van der Waals surface area contributed by atoms with E-state index in [1.165, 1.54) is 23.5 Å². The normalized spacial score (nSPS) is 10.7. The lowest BCUT2D eigenvalue weighted by molar-refractivity contribution is 0.585. The van der Waals surface area contributed by atoms with Crippen LogP contribution in [0.1, 0.15) is 10.6 Å². The molecule has 0 spiro atoms. The molecule has 0 bridgehead atoms. The molecule has 0 unspecified atom stereocenters. The predicted octanol–water partition coefficient (Wildman–Crippen LogP) is 4.68. The Balaban J connectivity index is 1.87. The molecule has 1 heterocycles. The van der Waals surface area contributed by atoms with Gasteiger partial charge in [-0.15, -0.1) is 11.3 Å². The van der Waals surface area contributed by atoms with Crippen molar-refractivity contribution in [1.29, 1.82) is 0 Å². The summed E-state index contributed by atoms with van der Waals surface area (Å²) < 4.78 is 26.6. The van der Waals surface area contributed by atoms with Crippen LogP contribution in [0.3, 0.4) is 0 Å². The summed E-state index contributed by atoms with van der Waals surface area (Å²) in [7, 11) is 0. The van der Waals surface area contributed by atoms with Crippen LogP contribution in [0.25, 0.3) is 11.3 Å². The zero-order valence-corrected chi connectivity index (χ0v) is 11.3. The summed E-state index contributed by atoms with van der Waals surface area (Å²) in [4.78, 5) is 4.42. The summed E-state index contributed by atoms with van der Waals surface area (Å²) in [5, 5.41) is 2.71. The molecule has 3 rings (SSSR count). The first-order valence-corrected chi connectivity index (χ1v) is 7.04. The lowest BCUT2D eigenvalue weighted by atomic mass is 10.1. The Kier molecular flexibility index (Phi) is 3.56. The number of rotatable bonds is 3. The maximum atomic E-state index is 13.7. The first-order valence-electron chi connectivity index (χ1n) is 6.16. The smallest absolute Gasteiger partial charge is 0.135 e. The third kappa shape index (κ3) is 2.75. The summed E-state index contributed by atoms with van der Waals surface area (Å²) in [6, 6.07) is 13.5. The van der Waals surface area contributed by atoms with Crippen molar-refractivity contribution < 1.29 is 8.78 Å². The predicted molar refractivity (Wildman–Crippen MR) is 76.7 cm³/mol. The highest BCUT2D eigenvalue weighted by molar-refractivity contribution is 7.10. The molecule has 4 heteroatoms. The van der Waals surface area contributed by atoms with Crippen LogP contribution in [0.2, 0.25) is 0 Å². The number of thiazole rings is 1. The zero-order valence-electron chi connectivity index (χ0n) is 10.5. The molecule has 0 aliphatic carbocycles. The first kappa shape index (κ1) is 12.9. The number of benzene rings is 2. The van der Waals surface area contributed by atoms with Gasteiger partial charge in [-0.05, 0) is 17.7 Å². The fourth-order valence-corrected chi connectivity index (χ4v) is 2.81. The standard InChI is InChI=1S/C16H11F2NS/c17-12-6-7-13(14(18)9-12)15-10-20-16(19-15)8-11-4-2-1-3-5-11/h1-7,9-10H,8H2. The van der Waals surface area contributed by atoms with Gasteiger partial charge in [-0.1, -0.05) is 30.3 Å². The van der Waals surface area contributed by atoms with Gasteiger partial charge in [-0.3, -0.25) is 0 Å². The minimum atomic E-state index is -0.582. The van der Waals surface area contributed by atoms with E-state index in [9.17, 15) is 8.78 Å². The molecule has 0 radical (unpaired) electrons. The number of aromatic nitrogens is 1. The van der Waals surface area contributed by atoms with Crippen LogP contribution in [0.4, 0.5) is 8.78 Å². The molecular formula is C16H11F2NS. The Hall–Kier alpha value is -2.07. The summed E-state index contributed by atoms with van der Waals surface area (Å²) in [5.41, 5.74) is 2.05. The van der Waals surface area contributed by atoms with Crippen molar-refractivity contribution in [3.63, 3.8) is 0 Å². The quantitative estimate of drug-likeness (QED) is 0.681. The second-order valence-electron chi connectivity index (χ2n) is 4.41. The van der Waals surface area contributed by atoms with E-state index in [0.717, 1.165) is 16.6 Å².